The zero-order chi connectivity index (χ0) is 19.1. The molecule has 5 rings (SSSR count). The molecule has 146 valence electrons. The number of hydrogen-bond donors (Lipinski definition) is 2. The van der Waals surface area contributed by atoms with Gasteiger partial charge >= 0.3 is 0 Å². The second-order valence-electron chi connectivity index (χ2n) is 8.07. The number of aryl methyl sites for hydroxylation is 1. The molecule has 4 heterocycles. The second-order valence-corrected chi connectivity index (χ2v) is 8.07. The highest BCUT2D eigenvalue weighted by molar-refractivity contribution is 5.77. The van der Waals surface area contributed by atoms with Crippen LogP contribution in [0.4, 0.5) is 5.69 Å². The fourth-order valence-corrected chi connectivity index (χ4v) is 4.57. The van der Waals surface area contributed by atoms with Crippen LogP contribution >= 0.6 is 0 Å². The van der Waals surface area contributed by atoms with E-state index in [9.17, 15) is 0 Å². The molecule has 1 aromatic carbocycles. The van der Waals surface area contributed by atoms with Crippen molar-refractivity contribution < 1.29 is 4.74 Å². The highest BCUT2D eigenvalue weighted by Crippen LogP contribution is 2.36. The predicted molar refractivity (Wildman–Crippen MR) is 110 cm³/mol. The van der Waals surface area contributed by atoms with E-state index in [4.69, 9.17) is 4.74 Å². The highest BCUT2D eigenvalue weighted by Gasteiger charge is 2.25. The van der Waals surface area contributed by atoms with E-state index < -0.39 is 0 Å². The molecule has 1 atom stereocenters. The van der Waals surface area contributed by atoms with E-state index >= 15 is 0 Å². The Labute approximate surface area is 165 Å². The van der Waals surface area contributed by atoms with Crippen LogP contribution in [0.15, 0.2) is 30.5 Å². The lowest BCUT2D eigenvalue weighted by Gasteiger charge is -2.31. The number of fused-ring (bicyclic) bond motifs is 2. The molecule has 1 saturated heterocycles. The molecule has 0 radical (unpaired) electrons. The Morgan fingerprint density at radius 2 is 2.07 bits per heavy atom. The topological polar surface area (TPSA) is 66.1 Å². The summed E-state index contributed by atoms with van der Waals surface area (Å²) in [5.74, 6) is 0.906. The summed E-state index contributed by atoms with van der Waals surface area (Å²) in [6, 6.07) is 9.81. The number of ether oxygens (including phenoxy) is 1. The van der Waals surface area contributed by atoms with Crippen molar-refractivity contribution in [2.24, 2.45) is 0 Å². The summed E-state index contributed by atoms with van der Waals surface area (Å²) in [7, 11) is 2.23. The number of benzene rings is 1. The number of hydrogen-bond acceptors (Lipinski definition) is 5. The molecule has 6 nitrogen and oxygen atoms in total. The van der Waals surface area contributed by atoms with Crippen LogP contribution in [-0.4, -0.2) is 46.2 Å². The van der Waals surface area contributed by atoms with Crippen LogP contribution < -0.4 is 5.32 Å². The van der Waals surface area contributed by atoms with Crippen LogP contribution in [0.1, 0.15) is 41.4 Å². The van der Waals surface area contributed by atoms with Crippen LogP contribution in [0.5, 0.6) is 0 Å². The van der Waals surface area contributed by atoms with Gasteiger partial charge in [0.25, 0.3) is 0 Å². The number of imidazole rings is 1. The number of rotatable bonds is 4. The summed E-state index contributed by atoms with van der Waals surface area (Å²) in [6.07, 6.45) is 5.11. The molecular weight excluding hydrogens is 350 g/mol. The van der Waals surface area contributed by atoms with Gasteiger partial charge in [-0.3, -0.25) is 4.90 Å². The van der Waals surface area contributed by atoms with Crippen molar-refractivity contribution in [3.05, 3.63) is 53.0 Å². The molecule has 0 amide bonds. The average Bonchev–Trinajstić information content (AvgIpc) is 3.30. The van der Waals surface area contributed by atoms with E-state index in [0.29, 0.717) is 6.04 Å². The van der Waals surface area contributed by atoms with E-state index in [2.05, 4.69) is 56.5 Å². The zero-order valence-electron chi connectivity index (χ0n) is 16.5. The maximum absolute atomic E-state index is 5.50. The van der Waals surface area contributed by atoms with Crippen molar-refractivity contribution in [3.63, 3.8) is 0 Å². The third-order valence-electron chi connectivity index (χ3n) is 6.08. The van der Waals surface area contributed by atoms with Gasteiger partial charge in [-0.1, -0.05) is 12.1 Å². The summed E-state index contributed by atoms with van der Waals surface area (Å²) in [5.41, 5.74) is 7.06. The minimum Gasteiger partial charge on any atom is -0.381 e. The number of nitrogens with zero attached hydrogens (tertiary/aromatic N) is 3. The zero-order valence-corrected chi connectivity index (χ0v) is 16.5. The lowest BCUT2D eigenvalue weighted by molar-refractivity contribution is 0.0407. The molecular formula is C22H27N5O. The molecule has 1 fully saturated rings. The monoisotopic (exact) mass is 377 g/mol. The maximum Gasteiger partial charge on any atom is 0.157 e. The van der Waals surface area contributed by atoms with Crippen molar-refractivity contribution in [1.82, 2.24) is 19.9 Å². The Kier molecular flexibility index (Phi) is 4.53. The number of H-pyrrole nitrogens is 1. The largest absolute Gasteiger partial charge is 0.381 e. The first-order valence-electron chi connectivity index (χ1n) is 10.1. The van der Waals surface area contributed by atoms with E-state index in [0.717, 1.165) is 56.0 Å². The molecule has 2 aliphatic heterocycles. The van der Waals surface area contributed by atoms with Crippen molar-refractivity contribution in [2.45, 2.75) is 44.8 Å². The Balaban J connectivity index is 1.34. The van der Waals surface area contributed by atoms with Gasteiger partial charge in [-0.2, -0.15) is 0 Å². The molecule has 3 aromatic rings. The van der Waals surface area contributed by atoms with Crippen molar-refractivity contribution in [1.29, 1.82) is 0 Å². The van der Waals surface area contributed by atoms with Crippen molar-refractivity contribution >= 4 is 16.9 Å². The van der Waals surface area contributed by atoms with E-state index in [1.165, 1.54) is 22.4 Å². The third kappa shape index (κ3) is 3.27. The molecule has 2 aromatic heterocycles. The van der Waals surface area contributed by atoms with Crippen LogP contribution in [-0.2, 0) is 17.7 Å². The molecule has 1 unspecified atom stereocenters. The average molecular weight is 377 g/mol. The molecule has 0 bridgehead atoms. The number of aromatic nitrogens is 3. The van der Waals surface area contributed by atoms with Crippen molar-refractivity contribution in [3.8, 4) is 0 Å². The molecule has 28 heavy (non-hydrogen) atoms. The summed E-state index contributed by atoms with van der Waals surface area (Å²) in [6.45, 7) is 4.74. The standard InChI is InChI=1S/C22H27N5O/c1-14-24-21-18(5-8-23-22(21)25-14)20-12-16-11-15(3-4-19(16)26-20)13-27(2)17-6-9-28-10-7-17/h3-5,8,11,17,20,26H,6-7,9-10,12-13H2,1-2H3,(H,23,24,25). The fourth-order valence-electron chi connectivity index (χ4n) is 4.57. The first kappa shape index (κ1) is 17.6. The second kappa shape index (κ2) is 7.18. The smallest absolute Gasteiger partial charge is 0.157 e. The summed E-state index contributed by atoms with van der Waals surface area (Å²) in [4.78, 5) is 14.8. The normalized spacial score (nSPS) is 19.9. The Bertz CT molecular complexity index is 992. The Hall–Kier alpha value is -2.44. The van der Waals surface area contributed by atoms with Crippen LogP contribution in [0, 0.1) is 6.92 Å². The van der Waals surface area contributed by atoms with E-state index in [-0.39, 0.29) is 6.04 Å². The number of nitrogens with one attached hydrogen (secondary N) is 2. The van der Waals surface area contributed by atoms with Gasteiger partial charge in [0, 0.05) is 43.2 Å². The van der Waals surface area contributed by atoms with Crippen LogP contribution in [0.25, 0.3) is 11.2 Å². The lowest BCUT2D eigenvalue weighted by Crippen LogP contribution is -2.36. The van der Waals surface area contributed by atoms with E-state index in [1.54, 1.807) is 0 Å². The fraction of sp³-hybridized carbons (Fsp3) is 0.455. The quantitative estimate of drug-likeness (QED) is 0.727. The summed E-state index contributed by atoms with van der Waals surface area (Å²) in [5, 5.41) is 3.68. The van der Waals surface area contributed by atoms with Crippen molar-refractivity contribution in [2.75, 3.05) is 25.6 Å². The van der Waals surface area contributed by atoms with Gasteiger partial charge in [0.2, 0.25) is 0 Å². The van der Waals surface area contributed by atoms with Gasteiger partial charge in [0.05, 0.1) is 6.04 Å². The van der Waals surface area contributed by atoms with Gasteiger partial charge in [0.1, 0.15) is 11.3 Å². The predicted octanol–water partition coefficient (Wildman–Crippen LogP) is 3.59. The van der Waals surface area contributed by atoms with Gasteiger partial charge in [-0.25, -0.2) is 9.97 Å². The van der Waals surface area contributed by atoms with Gasteiger partial charge in [0.15, 0.2) is 5.65 Å². The molecule has 6 heteroatoms. The summed E-state index contributed by atoms with van der Waals surface area (Å²) >= 11 is 0. The van der Waals surface area contributed by atoms with E-state index in [1.807, 2.05) is 13.1 Å². The first-order chi connectivity index (χ1) is 13.7. The van der Waals surface area contributed by atoms with Gasteiger partial charge < -0.3 is 15.0 Å². The maximum atomic E-state index is 5.50. The minimum atomic E-state index is 0.242. The minimum absolute atomic E-state index is 0.242. The Morgan fingerprint density at radius 3 is 2.93 bits per heavy atom. The molecule has 0 saturated carbocycles. The highest BCUT2D eigenvalue weighted by atomic mass is 16.5. The Morgan fingerprint density at radius 1 is 1.21 bits per heavy atom. The van der Waals surface area contributed by atoms with Crippen LogP contribution in [0.2, 0.25) is 0 Å². The molecule has 2 N–H and O–H groups in total. The third-order valence-corrected chi connectivity index (χ3v) is 6.08. The number of aromatic amines is 1. The SMILES string of the molecule is Cc1nc2c(C3Cc4cc(CN(C)C5CCOCC5)ccc4N3)ccnc2[nH]1. The first-order valence-corrected chi connectivity index (χ1v) is 10.1. The lowest BCUT2D eigenvalue weighted by atomic mass is 10.0. The number of pyridine rings is 1. The van der Waals surface area contributed by atoms with Gasteiger partial charge in [-0.05, 0) is 56.5 Å². The molecule has 0 spiro atoms. The molecule has 2 aliphatic rings. The van der Waals surface area contributed by atoms with Gasteiger partial charge in [-0.15, -0.1) is 0 Å². The molecule has 0 aliphatic carbocycles. The number of anilines is 1. The summed E-state index contributed by atoms with van der Waals surface area (Å²) < 4.78 is 5.50. The van der Waals surface area contributed by atoms with Crippen LogP contribution in [0.3, 0.4) is 0 Å².